The van der Waals surface area contributed by atoms with Crippen LogP contribution in [-0.2, 0) is 29.0 Å². The van der Waals surface area contributed by atoms with Gasteiger partial charge in [-0.05, 0) is 83.9 Å². The van der Waals surface area contributed by atoms with Crippen molar-refractivity contribution < 1.29 is 32.2 Å². The van der Waals surface area contributed by atoms with E-state index in [1.807, 2.05) is 34.6 Å². The first kappa shape index (κ1) is 30.0. The molecule has 0 saturated carbocycles. The summed E-state index contributed by atoms with van der Waals surface area (Å²) in [4.78, 5) is 10.8. The second-order valence-electron chi connectivity index (χ2n) is 9.91. The quantitative estimate of drug-likeness (QED) is 0.200. The summed E-state index contributed by atoms with van der Waals surface area (Å²) in [5, 5.41) is 0.181. The first-order valence-electron chi connectivity index (χ1n) is 11.9. The molecule has 0 spiro atoms. The highest BCUT2D eigenvalue weighted by Crippen LogP contribution is 2.32. The first-order chi connectivity index (χ1) is 16.7. The minimum atomic E-state index is -3.87. The van der Waals surface area contributed by atoms with Crippen LogP contribution in [0.15, 0.2) is 29.2 Å². The zero-order valence-corrected chi connectivity index (χ0v) is 23.6. The van der Waals surface area contributed by atoms with Gasteiger partial charge in [-0.25, -0.2) is 8.42 Å². The van der Waals surface area contributed by atoms with Gasteiger partial charge in [0, 0.05) is 19.9 Å². The van der Waals surface area contributed by atoms with Gasteiger partial charge in [0.25, 0.3) is 0 Å². The van der Waals surface area contributed by atoms with Gasteiger partial charge in [-0.2, -0.15) is 4.31 Å². The maximum absolute atomic E-state index is 13.6. The van der Waals surface area contributed by atoms with Crippen LogP contribution < -0.4 is 4.74 Å². The van der Waals surface area contributed by atoms with E-state index in [0.717, 1.165) is 12.8 Å². The molecule has 0 radical (unpaired) electrons. The number of nitrogens with zero attached hydrogens (tertiary/aromatic N) is 1. The summed E-state index contributed by atoms with van der Waals surface area (Å²) < 4.78 is 50.8. The van der Waals surface area contributed by atoms with E-state index in [0.29, 0.717) is 18.8 Å². The lowest BCUT2D eigenvalue weighted by molar-refractivity contribution is -0.141. The molecule has 0 bridgehead atoms. The molecule has 0 aromatic heterocycles. The zero-order chi connectivity index (χ0) is 27.0. The lowest BCUT2D eigenvalue weighted by Crippen LogP contribution is -2.62. The van der Waals surface area contributed by atoms with Crippen LogP contribution in [-0.4, -0.2) is 67.4 Å². The summed E-state index contributed by atoms with van der Waals surface area (Å²) in [6, 6.07) is 5.49. The molecule has 10 heteroatoms. The summed E-state index contributed by atoms with van der Waals surface area (Å²) >= 11 is 5.54. The van der Waals surface area contributed by atoms with Gasteiger partial charge in [0.1, 0.15) is 24.0 Å². The molecule has 8 nitrogen and oxygen atoms in total. The third kappa shape index (κ3) is 9.04. The van der Waals surface area contributed by atoms with Crippen molar-refractivity contribution in [3.8, 4) is 17.6 Å². The molecule has 1 aromatic carbocycles. The highest BCUT2D eigenvalue weighted by molar-refractivity contribution is 7.89. The van der Waals surface area contributed by atoms with Crippen LogP contribution in [0.4, 0.5) is 0 Å². The molecule has 0 unspecified atom stereocenters. The van der Waals surface area contributed by atoms with Crippen molar-refractivity contribution in [1.29, 1.82) is 0 Å². The van der Waals surface area contributed by atoms with Crippen LogP contribution >= 0.6 is 12.2 Å². The molecule has 0 amide bonds. The number of thiocarbonyl (C=S) groups is 1. The van der Waals surface area contributed by atoms with Crippen LogP contribution in [0.25, 0.3) is 0 Å². The van der Waals surface area contributed by atoms with Gasteiger partial charge >= 0.3 is 5.97 Å². The average Bonchev–Trinajstić information content (AvgIpc) is 2.76. The van der Waals surface area contributed by atoms with E-state index in [9.17, 15) is 13.2 Å². The summed E-state index contributed by atoms with van der Waals surface area (Å²) in [5.74, 6) is 6.17. The van der Waals surface area contributed by atoms with Gasteiger partial charge in [0.15, 0.2) is 5.05 Å². The first-order valence-corrected chi connectivity index (χ1v) is 13.8. The highest BCUT2D eigenvalue weighted by Gasteiger charge is 2.48. The van der Waals surface area contributed by atoms with Crippen LogP contribution in [0.3, 0.4) is 0 Å². The number of esters is 1. The van der Waals surface area contributed by atoms with Gasteiger partial charge in [-0.1, -0.05) is 11.8 Å². The van der Waals surface area contributed by atoms with Crippen molar-refractivity contribution in [2.24, 2.45) is 0 Å². The summed E-state index contributed by atoms with van der Waals surface area (Å²) in [6.45, 7) is 11.6. The van der Waals surface area contributed by atoms with E-state index >= 15 is 0 Å². The monoisotopic (exact) mass is 539 g/mol. The zero-order valence-electron chi connectivity index (χ0n) is 22.0. The number of hydrogen-bond donors (Lipinski definition) is 0. The molecule has 36 heavy (non-hydrogen) atoms. The third-order valence-electron chi connectivity index (χ3n) is 5.23. The molecular formula is C26H37NO7S2. The van der Waals surface area contributed by atoms with Crippen molar-refractivity contribution >= 4 is 33.3 Å². The number of carbonyl (C=O) groups excluding carboxylic acids is 1. The summed E-state index contributed by atoms with van der Waals surface area (Å²) in [6.07, 6.45) is 2.27. The van der Waals surface area contributed by atoms with Crippen molar-refractivity contribution in [3.05, 3.63) is 24.3 Å². The van der Waals surface area contributed by atoms with E-state index in [4.69, 9.17) is 31.2 Å². The number of unbranched alkanes of at least 4 members (excludes halogenated alkanes) is 2. The van der Waals surface area contributed by atoms with E-state index in [1.165, 1.54) is 23.4 Å². The minimum absolute atomic E-state index is 0.134. The van der Waals surface area contributed by atoms with E-state index < -0.39 is 27.3 Å². The molecule has 1 aromatic rings. The molecule has 0 N–H and O–H groups in total. The summed E-state index contributed by atoms with van der Waals surface area (Å²) in [5.41, 5.74) is -1.42. The SMILES string of the molecule is CC(=O)OCCCCC#CCOc1ccc(S(=O)(=O)N2CCOC(C)(C)[C@H]2C(=S)OC(C)(C)C)cc1. The van der Waals surface area contributed by atoms with E-state index in [-0.39, 0.29) is 35.7 Å². The fourth-order valence-electron chi connectivity index (χ4n) is 3.60. The molecule has 2 rings (SSSR count). The van der Waals surface area contributed by atoms with E-state index in [1.54, 1.807) is 12.1 Å². The Hall–Kier alpha value is -2.19. The molecule has 1 aliphatic rings. The molecule has 1 atom stereocenters. The van der Waals surface area contributed by atoms with Gasteiger partial charge in [-0.3, -0.25) is 4.79 Å². The van der Waals surface area contributed by atoms with Crippen LogP contribution in [0.5, 0.6) is 5.75 Å². The van der Waals surface area contributed by atoms with Crippen LogP contribution in [0, 0.1) is 11.8 Å². The Morgan fingerprint density at radius 2 is 1.86 bits per heavy atom. The normalized spacial score (nSPS) is 18.0. The lowest BCUT2D eigenvalue weighted by atomic mass is 9.97. The summed E-state index contributed by atoms with van der Waals surface area (Å²) in [7, 11) is -3.87. The maximum atomic E-state index is 13.6. The molecule has 0 aliphatic carbocycles. The Morgan fingerprint density at radius 1 is 1.19 bits per heavy atom. The maximum Gasteiger partial charge on any atom is 0.302 e. The predicted octanol–water partition coefficient (Wildman–Crippen LogP) is 4.11. The third-order valence-corrected chi connectivity index (χ3v) is 7.42. The Balaban J connectivity index is 2.02. The number of rotatable bonds is 9. The average molecular weight is 540 g/mol. The number of sulfonamides is 1. The number of benzene rings is 1. The molecule has 1 saturated heterocycles. The smallest absolute Gasteiger partial charge is 0.302 e. The second-order valence-corrected chi connectivity index (χ2v) is 12.2. The Bertz CT molecular complexity index is 1060. The number of hydrogen-bond acceptors (Lipinski definition) is 8. The standard InChI is InChI=1S/C26H37NO7S2/c1-20(28)31-17-10-8-7-9-11-18-32-21-12-14-22(15-13-21)36(29,30)27-16-19-33-26(5,6)23(27)24(35)34-25(2,3)4/h12-15,23H,7-8,10,16-19H2,1-6H3/t23-/m1/s1. The van der Waals surface area contributed by atoms with Gasteiger partial charge in [0.2, 0.25) is 10.0 Å². The largest absolute Gasteiger partial charge is 0.481 e. The number of carbonyl (C=O) groups is 1. The van der Waals surface area contributed by atoms with E-state index in [2.05, 4.69) is 11.8 Å². The minimum Gasteiger partial charge on any atom is -0.481 e. The Labute approximate surface area is 220 Å². The Kier molecular flexibility index (Phi) is 10.7. The van der Waals surface area contributed by atoms with Gasteiger partial charge < -0.3 is 18.9 Å². The Morgan fingerprint density at radius 3 is 2.47 bits per heavy atom. The van der Waals surface area contributed by atoms with Crippen molar-refractivity contribution in [3.63, 3.8) is 0 Å². The predicted molar refractivity (Wildman–Crippen MR) is 141 cm³/mol. The van der Waals surface area contributed by atoms with Gasteiger partial charge in [0.05, 0.1) is 23.7 Å². The van der Waals surface area contributed by atoms with Crippen molar-refractivity contribution in [2.45, 2.75) is 82.9 Å². The molecular weight excluding hydrogens is 502 g/mol. The fraction of sp³-hybridized carbons (Fsp3) is 0.615. The molecule has 1 aliphatic heterocycles. The second kappa shape index (κ2) is 12.9. The molecule has 200 valence electrons. The van der Waals surface area contributed by atoms with Crippen LogP contribution in [0.1, 0.15) is 60.8 Å². The van der Waals surface area contributed by atoms with Gasteiger partial charge in [-0.15, -0.1) is 0 Å². The lowest BCUT2D eigenvalue weighted by Gasteiger charge is -2.45. The number of morpholine rings is 1. The van der Waals surface area contributed by atoms with Crippen molar-refractivity contribution in [2.75, 3.05) is 26.4 Å². The number of ether oxygens (including phenoxy) is 4. The van der Waals surface area contributed by atoms with Crippen LogP contribution in [0.2, 0.25) is 0 Å². The van der Waals surface area contributed by atoms with Crippen molar-refractivity contribution in [1.82, 2.24) is 4.31 Å². The molecule has 1 fully saturated rings. The molecule has 1 heterocycles. The highest BCUT2D eigenvalue weighted by atomic mass is 32.2. The topological polar surface area (TPSA) is 91.4 Å². The fourth-order valence-corrected chi connectivity index (χ4v) is 6.03.